The molecular formula is C34H43N7O12. The molecule has 3 heterocycles. The zero-order valence-corrected chi connectivity index (χ0v) is 30.2. The first kappa shape index (κ1) is 39.8. The number of esters is 3. The maximum atomic E-state index is 14.2. The fourth-order valence-electron chi connectivity index (χ4n) is 5.61. The Labute approximate surface area is 304 Å². The molecule has 0 radical (unpaired) electrons. The molecule has 0 bridgehead atoms. The van der Waals surface area contributed by atoms with Gasteiger partial charge in [-0.15, -0.1) is 0 Å². The van der Waals surface area contributed by atoms with Crippen LogP contribution >= 0.6 is 0 Å². The summed E-state index contributed by atoms with van der Waals surface area (Å²) in [4.78, 5) is 96.7. The van der Waals surface area contributed by atoms with Crippen LogP contribution in [0.15, 0.2) is 47.9 Å². The second-order valence-electron chi connectivity index (χ2n) is 13.1. The van der Waals surface area contributed by atoms with Gasteiger partial charge in [-0.3, -0.25) is 34.3 Å². The molecule has 0 spiro atoms. The number of nitrogens with one attached hydrogen (secondary N) is 4. The highest BCUT2D eigenvalue weighted by Crippen LogP contribution is 2.33. The second-order valence-corrected chi connectivity index (χ2v) is 13.1. The first-order chi connectivity index (χ1) is 24.9. The number of aromatic amines is 1. The predicted molar refractivity (Wildman–Crippen MR) is 184 cm³/mol. The molecule has 0 aliphatic carbocycles. The Balaban J connectivity index is 1.72. The van der Waals surface area contributed by atoms with Crippen molar-refractivity contribution in [1.82, 2.24) is 31.0 Å². The lowest BCUT2D eigenvalue weighted by atomic mass is 10.0. The van der Waals surface area contributed by atoms with Crippen molar-refractivity contribution in [1.29, 1.82) is 0 Å². The summed E-state index contributed by atoms with van der Waals surface area (Å²) in [5, 5.41) is 7.22. The van der Waals surface area contributed by atoms with Gasteiger partial charge in [-0.2, -0.15) is 4.99 Å². The Morgan fingerprint density at radius 3 is 2.26 bits per heavy atom. The Bertz CT molecular complexity index is 1780. The molecule has 53 heavy (non-hydrogen) atoms. The molecule has 1 fully saturated rings. The normalized spacial score (nSPS) is 20.9. The quantitative estimate of drug-likeness (QED) is 0.179. The number of urea groups is 1. The van der Waals surface area contributed by atoms with Crippen molar-refractivity contribution in [3.05, 3.63) is 48.4 Å². The van der Waals surface area contributed by atoms with E-state index in [1.807, 2.05) is 24.3 Å². The molecule has 6 atom stereocenters. The van der Waals surface area contributed by atoms with E-state index < -0.39 is 90.7 Å². The average Bonchev–Trinajstić information content (AvgIpc) is 3.54. The molecule has 2 aliphatic heterocycles. The number of benzene rings is 1. The molecule has 4 rings (SSSR count). The Kier molecular flexibility index (Phi) is 12.8. The minimum atomic E-state index is -1.52. The van der Waals surface area contributed by atoms with Crippen molar-refractivity contribution in [3.63, 3.8) is 0 Å². The number of hydrogen-bond acceptors (Lipinski definition) is 13. The van der Waals surface area contributed by atoms with Gasteiger partial charge in [0.05, 0.1) is 6.04 Å². The van der Waals surface area contributed by atoms with Crippen LogP contribution in [0, 0.1) is 0 Å². The lowest BCUT2D eigenvalue weighted by Gasteiger charge is -2.30. The molecule has 2 aromatic rings. The first-order valence-corrected chi connectivity index (χ1v) is 16.5. The van der Waals surface area contributed by atoms with Crippen molar-refractivity contribution >= 4 is 59.1 Å². The predicted octanol–water partition coefficient (Wildman–Crippen LogP) is 1.53. The smallest absolute Gasteiger partial charge is 0.408 e. The van der Waals surface area contributed by atoms with E-state index in [-0.39, 0.29) is 6.42 Å². The molecule has 1 aromatic carbocycles. The van der Waals surface area contributed by atoms with Crippen LogP contribution in [-0.2, 0) is 54.1 Å². The number of para-hydroxylation sites is 1. The minimum absolute atomic E-state index is 0.0250. The molecule has 19 heteroatoms. The van der Waals surface area contributed by atoms with Crippen LogP contribution in [0.25, 0.3) is 10.9 Å². The fraction of sp³-hybridized carbons (Fsp3) is 0.471. The van der Waals surface area contributed by atoms with Crippen molar-refractivity contribution in [2.75, 3.05) is 6.61 Å². The number of ether oxygens (including phenoxy) is 5. The standard InChI is InChI=1S/C34H43N7O12/c1-18(42)39-40-12-13-41(32(47)36-17-40)31-29(51-21(4)45)28(50-20(3)44)27(52-31)26(16-49-19(2)43)37-30(46)25(38-33(48)53-34(5,6)7)14-22-15-35-24-11-9-8-10-23(22)24/h8-13,15,17,25-29,31,35H,14,16H2,1-7H3,(H,37,46)(H,38,48)(H,39,42)/t25-,26-,27-,28-,29-,31-/m0/s1. The third-order valence-corrected chi connectivity index (χ3v) is 7.59. The average molecular weight is 742 g/mol. The van der Waals surface area contributed by atoms with Crippen LogP contribution in [0.1, 0.15) is 54.0 Å². The van der Waals surface area contributed by atoms with E-state index in [4.69, 9.17) is 23.7 Å². The van der Waals surface area contributed by atoms with Gasteiger partial charge in [0.15, 0.2) is 18.4 Å². The molecule has 286 valence electrons. The van der Waals surface area contributed by atoms with Gasteiger partial charge in [-0.25, -0.2) is 14.6 Å². The summed E-state index contributed by atoms with van der Waals surface area (Å²) >= 11 is 0. The lowest BCUT2D eigenvalue weighted by Crippen LogP contribution is -2.57. The molecular weight excluding hydrogens is 698 g/mol. The maximum Gasteiger partial charge on any atom is 0.408 e. The van der Waals surface area contributed by atoms with Crippen molar-refractivity contribution in [2.24, 2.45) is 4.99 Å². The zero-order chi connectivity index (χ0) is 39.0. The van der Waals surface area contributed by atoms with Gasteiger partial charge in [-0.1, -0.05) is 18.2 Å². The van der Waals surface area contributed by atoms with Crippen molar-refractivity contribution < 1.29 is 57.2 Å². The number of fused-ring (bicyclic) bond motifs is 1. The number of alkyl carbamates (subject to hydrolysis) is 1. The summed E-state index contributed by atoms with van der Waals surface area (Å²) in [5.74, 6) is -3.66. The van der Waals surface area contributed by atoms with Crippen LogP contribution in [0.3, 0.4) is 0 Å². The number of rotatable bonds is 12. The Morgan fingerprint density at radius 1 is 0.943 bits per heavy atom. The van der Waals surface area contributed by atoms with E-state index in [1.54, 1.807) is 27.0 Å². The first-order valence-electron chi connectivity index (χ1n) is 16.5. The molecule has 5 amide bonds. The van der Waals surface area contributed by atoms with Crippen LogP contribution in [-0.4, -0.2) is 112 Å². The SMILES string of the molecule is CC(=O)NN1C=CN([C@H]2O[C@@H]([C@H](COC(C)=O)NC(=O)[C@H](Cc3c[nH]c4ccccc34)NC(=O)OC(C)(C)C)[C@H](OC(C)=O)[C@@H]2OC(C)=O)C(=O)N=C1. The van der Waals surface area contributed by atoms with Crippen molar-refractivity contribution in [3.8, 4) is 0 Å². The van der Waals surface area contributed by atoms with Crippen LogP contribution in [0.4, 0.5) is 9.59 Å². The lowest BCUT2D eigenvalue weighted by molar-refractivity contribution is -0.166. The van der Waals surface area contributed by atoms with E-state index >= 15 is 0 Å². The summed E-state index contributed by atoms with van der Waals surface area (Å²) in [6.45, 7) is 8.97. The zero-order valence-electron chi connectivity index (χ0n) is 30.2. The number of nitrogens with zero attached hydrogens (tertiary/aromatic N) is 3. The number of amides is 5. The molecule has 2 aliphatic rings. The summed E-state index contributed by atoms with van der Waals surface area (Å²) in [5.41, 5.74) is 2.99. The van der Waals surface area contributed by atoms with Crippen molar-refractivity contribution in [2.45, 2.75) is 97.1 Å². The van der Waals surface area contributed by atoms with E-state index in [1.165, 1.54) is 19.3 Å². The topological polar surface area (TPSA) is 236 Å². The van der Waals surface area contributed by atoms with Crippen LogP contribution in [0.2, 0.25) is 0 Å². The van der Waals surface area contributed by atoms with Gasteiger partial charge in [0.2, 0.25) is 11.8 Å². The van der Waals surface area contributed by atoms with E-state index in [2.05, 4.69) is 26.0 Å². The number of aromatic nitrogens is 1. The van der Waals surface area contributed by atoms with Gasteiger partial charge < -0.3 is 39.3 Å². The Morgan fingerprint density at radius 2 is 1.62 bits per heavy atom. The monoisotopic (exact) mass is 741 g/mol. The van der Waals surface area contributed by atoms with Gasteiger partial charge in [0, 0.05) is 63.6 Å². The molecule has 0 saturated carbocycles. The molecule has 1 aromatic heterocycles. The highest BCUT2D eigenvalue weighted by molar-refractivity contribution is 5.89. The van der Waals surface area contributed by atoms with E-state index in [0.29, 0.717) is 5.56 Å². The number of hydrazine groups is 1. The molecule has 0 unspecified atom stereocenters. The summed E-state index contributed by atoms with van der Waals surface area (Å²) in [7, 11) is 0. The molecule has 4 N–H and O–H groups in total. The van der Waals surface area contributed by atoms with E-state index in [0.717, 1.165) is 47.9 Å². The molecule has 19 nitrogen and oxygen atoms in total. The number of H-pyrrole nitrogens is 1. The maximum absolute atomic E-state index is 14.2. The summed E-state index contributed by atoms with van der Waals surface area (Å²) in [6, 6.07) is 3.80. The van der Waals surface area contributed by atoms with Gasteiger partial charge in [0.25, 0.3) is 0 Å². The molecule has 1 saturated heterocycles. The third kappa shape index (κ3) is 11.0. The summed E-state index contributed by atoms with van der Waals surface area (Å²) in [6.07, 6.45) is -1.71. The highest BCUT2D eigenvalue weighted by atomic mass is 16.6. The van der Waals surface area contributed by atoms with E-state index in [9.17, 15) is 33.6 Å². The van der Waals surface area contributed by atoms with Gasteiger partial charge in [-0.05, 0) is 32.4 Å². The van der Waals surface area contributed by atoms with Crippen LogP contribution < -0.4 is 16.1 Å². The summed E-state index contributed by atoms with van der Waals surface area (Å²) < 4.78 is 28.1. The largest absolute Gasteiger partial charge is 0.464 e. The number of carbonyl (C=O) groups is 7. The van der Waals surface area contributed by atoms with Gasteiger partial charge >= 0.3 is 30.0 Å². The number of aliphatic imine (C=N–C) groups is 1. The number of hydrogen-bond donors (Lipinski definition) is 4. The third-order valence-electron chi connectivity index (χ3n) is 7.59. The Hall–Kier alpha value is -5.98. The minimum Gasteiger partial charge on any atom is -0.464 e. The number of carbonyl (C=O) groups excluding carboxylic acids is 7. The fourth-order valence-corrected chi connectivity index (χ4v) is 5.61. The highest BCUT2D eigenvalue weighted by Gasteiger charge is 2.55. The van der Waals surface area contributed by atoms with Crippen LogP contribution in [0.5, 0.6) is 0 Å². The second kappa shape index (κ2) is 17.0. The van der Waals surface area contributed by atoms with Gasteiger partial charge in [0.1, 0.15) is 30.7 Å².